The van der Waals surface area contributed by atoms with Gasteiger partial charge in [-0.1, -0.05) is 11.6 Å². The van der Waals surface area contributed by atoms with Crippen LogP contribution in [0.5, 0.6) is 0 Å². The molecule has 0 spiro atoms. The molecule has 1 atom stereocenters. The number of nitrogens with zero attached hydrogens (tertiary/aromatic N) is 3. The number of anilines is 1. The van der Waals surface area contributed by atoms with Gasteiger partial charge in [0.25, 0.3) is 0 Å². The first kappa shape index (κ1) is 16.6. The van der Waals surface area contributed by atoms with Crippen LogP contribution >= 0.6 is 11.6 Å². The van der Waals surface area contributed by atoms with Gasteiger partial charge in [-0.25, -0.2) is 4.98 Å². The summed E-state index contributed by atoms with van der Waals surface area (Å²) in [7, 11) is 0. The molecule has 134 valence electrons. The number of rotatable bonds is 5. The molecule has 1 fully saturated rings. The van der Waals surface area contributed by atoms with E-state index in [4.69, 9.17) is 11.6 Å². The highest BCUT2D eigenvalue weighted by atomic mass is 35.5. The van der Waals surface area contributed by atoms with E-state index in [2.05, 4.69) is 25.5 Å². The van der Waals surface area contributed by atoms with E-state index in [0.717, 1.165) is 16.6 Å². The SMILES string of the molecule is O=C(NCCc1c[nH]cn1)C1CC(=O)N(c2n[nH]c3ccc(Cl)cc23)C1. The van der Waals surface area contributed by atoms with Crippen molar-refractivity contribution in [1.82, 2.24) is 25.5 Å². The fraction of sp³-hybridized carbons (Fsp3) is 0.294. The number of imidazole rings is 1. The third-order valence-corrected chi connectivity index (χ3v) is 4.73. The summed E-state index contributed by atoms with van der Waals surface area (Å²) in [5.74, 6) is -0.132. The standard InChI is InChI=1S/C17H17ClN6O2/c18-11-1-2-14-13(6-11)16(23-22-14)24-8-10(5-15(24)25)17(26)20-4-3-12-7-19-9-21-12/h1-2,6-7,9-10H,3-5,8H2,(H,19,21)(H,20,26)(H,22,23). The summed E-state index contributed by atoms with van der Waals surface area (Å²) in [5.41, 5.74) is 1.68. The number of aromatic amines is 2. The van der Waals surface area contributed by atoms with Crippen LogP contribution in [0.1, 0.15) is 12.1 Å². The van der Waals surface area contributed by atoms with Gasteiger partial charge in [-0.15, -0.1) is 0 Å². The number of carbonyl (C=O) groups is 2. The highest BCUT2D eigenvalue weighted by Gasteiger charge is 2.36. The van der Waals surface area contributed by atoms with E-state index >= 15 is 0 Å². The Hall–Kier alpha value is -2.87. The summed E-state index contributed by atoms with van der Waals surface area (Å²) in [5, 5.41) is 11.3. The van der Waals surface area contributed by atoms with Gasteiger partial charge in [0.15, 0.2) is 5.82 Å². The molecule has 2 aromatic heterocycles. The topological polar surface area (TPSA) is 107 Å². The zero-order valence-corrected chi connectivity index (χ0v) is 14.6. The molecule has 1 aromatic carbocycles. The van der Waals surface area contributed by atoms with Crippen LogP contribution in [0.25, 0.3) is 10.9 Å². The minimum atomic E-state index is -0.396. The van der Waals surface area contributed by atoms with Gasteiger partial charge >= 0.3 is 0 Å². The predicted molar refractivity (Wildman–Crippen MR) is 96.9 cm³/mol. The van der Waals surface area contributed by atoms with E-state index in [0.29, 0.717) is 30.4 Å². The molecule has 4 rings (SSSR count). The molecule has 0 aliphatic carbocycles. The van der Waals surface area contributed by atoms with Gasteiger partial charge in [-0.3, -0.25) is 19.6 Å². The van der Waals surface area contributed by atoms with E-state index in [9.17, 15) is 9.59 Å². The molecular weight excluding hydrogens is 356 g/mol. The lowest BCUT2D eigenvalue weighted by molar-refractivity contribution is -0.126. The first-order valence-corrected chi connectivity index (χ1v) is 8.69. The average molecular weight is 373 g/mol. The predicted octanol–water partition coefficient (Wildman–Crippen LogP) is 1.65. The van der Waals surface area contributed by atoms with Crippen molar-refractivity contribution in [3.05, 3.63) is 41.4 Å². The summed E-state index contributed by atoms with van der Waals surface area (Å²) >= 11 is 6.05. The van der Waals surface area contributed by atoms with Crippen molar-refractivity contribution in [3.63, 3.8) is 0 Å². The van der Waals surface area contributed by atoms with E-state index < -0.39 is 5.92 Å². The lowest BCUT2D eigenvalue weighted by Gasteiger charge is -2.14. The van der Waals surface area contributed by atoms with Crippen molar-refractivity contribution >= 4 is 40.1 Å². The van der Waals surface area contributed by atoms with Crippen LogP contribution in [-0.4, -0.2) is 45.1 Å². The smallest absolute Gasteiger partial charge is 0.229 e. The van der Waals surface area contributed by atoms with Gasteiger partial charge in [0.2, 0.25) is 11.8 Å². The Bertz CT molecular complexity index is 951. The maximum Gasteiger partial charge on any atom is 0.229 e. The van der Waals surface area contributed by atoms with Crippen LogP contribution in [-0.2, 0) is 16.0 Å². The first-order chi connectivity index (χ1) is 12.6. The minimum Gasteiger partial charge on any atom is -0.355 e. The van der Waals surface area contributed by atoms with Crippen LogP contribution in [0, 0.1) is 5.92 Å². The van der Waals surface area contributed by atoms with E-state index in [1.165, 1.54) is 0 Å². The van der Waals surface area contributed by atoms with Gasteiger partial charge in [0.1, 0.15) is 0 Å². The molecule has 3 heterocycles. The van der Waals surface area contributed by atoms with Crippen LogP contribution in [0.2, 0.25) is 5.02 Å². The van der Waals surface area contributed by atoms with Gasteiger partial charge in [0.05, 0.1) is 23.5 Å². The highest BCUT2D eigenvalue weighted by Crippen LogP contribution is 2.31. The lowest BCUT2D eigenvalue weighted by atomic mass is 10.1. The van der Waals surface area contributed by atoms with Crippen molar-refractivity contribution in [3.8, 4) is 0 Å². The minimum absolute atomic E-state index is 0.120. The summed E-state index contributed by atoms with van der Waals surface area (Å²) in [6, 6.07) is 5.33. The normalized spacial score (nSPS) is 17.2. The number of H-pyrrole nitrogens is 2. The van der Waals surface area contributed by atoms with Gasteiger partial charge < -0.3 is 10.3 Å². The Morgan fingerprint density at radius 3 is 3.12 bits per heavy atom. The molecule has 1 unspecified atom stereocenters. The molecule has 9 heteroatoms. The molecule has 1 aliphatic rings. The number of aromatic nitrogens is 4. The Balaban J connectivity index is 1.42. The number of benzene rings is 1. The third kappa shape index (κ3) is 3.15. The number of hydrogen-bond donors (Lipinski definition) is 3. The second-order valence-corrected chi connectivity index (χ2v) is 6.68. The molecule has 3 N–H and O–H groups in total. The van der Waals surface area contributed by atoms with Crippen molar-refractivity contribution < 1.29 is 9.59 Å². The van der Waals surface area contributed by atoms with E-state index in [-0.39, 0.29) is 18.2 Å². The molecule has 0 bridgehead atoms. The number of hydrogen-bond acceptors (Lipinski definition) is 4. The summed E-state index contributed by atoms with van der Waals surface area (Å²) < 4.78 is 0. The Labute approximate surface area is 153 Å². The number of halogens is 1. The summed E-state index contributed by atoms with van der Waals surface area (Å²) in [4.78, 5) is 33.3. The van der Waals surface area contributed by atoms with E-state index in [1.807, 2.05) is 6.07 Å². The van der Waals surface area contributed by atoms with Crippen molar-refractivity contribution in [2.45, 2.75) is 12.8 Å². The zero-order chi connectivity index (χ0) is 18.1. The Kier molecular flexibility index (Phi) is 4.34. The third-order valence-electron chi connectivity index (χ3n) is 4.49. The van der Waals surface area contributed by atoms with Crippen molar-refractivity contribution in [2.75, 3.05) is 18.0 Å². The molecule has 0 saturated carbocycles. The Morgan fingerprint density at radius 1 is 1.42 bits per heavy atom. The molecule has 2 amide bonds. The van der Waals surface area contributed by atoms with Crippen molar-refractivity contribution in [2.24, 2.45) is 5.92 Å². The summed E-state index contributed by atoms with van der Waals surface area (Å²) in [6.45, 7) is 0.787. The first-order valence-electron chi connectivity index (χ1n) is 8.31. The average Bonchev–Trinajstić information content (AvgIpc) is 3.34. The molecule has 8 nitrogen and oxygen atoms in total. The number of carbonyl (C=O) groups excluding carboxylic acids is 2. The van der Waals surface area contributed by atoms with E-state index in [1.54, 1.807) is 29.6 Å². The Morgan fingerprint density at radius 2 is 2.31 bits per heavy atom. The quantitative estimate of drug-likeness (QED) is 0.633. The highest BCUT2D eigenvalue weighted by molar-refractivity contribution is 6.31. The van der Waals surface area contributed by atoms with Crippen molar-refractivity contribution in [1.29, 1.82) is 0 Å². The fourth-order valence-corrected chi connectivity index (χ4v) is 3.32. The molecule has 3 aromatic rings. The largest absolute Gasteiger partial charge is 0.355 e. The lowest BCUT2D eigenvalue weighted by Crippen LogP contribution is -2.34. The fourth-order valence-electron chi connectivity index (χ4n) is 3.15. The van der Waals surface area contributed by atoms with Crippen LogP contribution in [0.4, 0.5) is 5.82 Å². The van der Waals surface area contributed by atoms with Crippen LogP contribution in [0.3, 0.4) is 0 Å². The molecule has 1 saturated heterocycles. The van der Waals surface area contributed by atoms with Gasteiger partial charge in [-0.05, 0) is 18.2 Å². The zero-order valence-electron chi connectivity index (χ0n) is 13.8. The monoisotopic (exact) mass is 372 g/mol. The molecule has 0 radical (unpaired) electrons. The van der Waals surface area contributed by atoms with Gasteiger partial charge in [0, 0.05) is 42.5 Å². The number of fused-ring (bicyclic) bond motifs is 1. The number of nitrogens with one attached hydrogen (secondary N) is 3. The number of amides is 2. The van der Waals surface area contributed by atoms with Crippen LogP contribution < -0.4 is 10.2 Å². The second kappa shape index (κ2) is 6.80. The summed E-state index contributed by atoms with van der Waals surface area (Å²) in [6.07, 6.45) is 4.21. The maximum atomic E-state index is 12.4. The van der Waals surface area contributed by atoms with Crippen LogP contribution in [0.15, 0.2) is 30.7 Å². The second-order valence-electron chi connectivity index (χ2n) is 6.24. The van der Waals surface area contributed by atoms with Gasteiger partial charge in [-0.2, -0.15) is 5.10 Å². The maximum absolute atomic E-state index is 12.4. The molecular formula is C17H17ClN6O2. The molecule has 1 aliphatic heterocycles. The molecule has 26 heavy (non-hydrogen) atoms.